The van der Waals surface area contributed by atoms with Gasteiger partial charge in [0.1, 0.15) is 11.5 Å². The van der Waals surface area contributed by atoms with Gasteiger partial charge in [0, 0.05) is 41.1 Å². The number of fused-ring (bicyclic) bond motifs is 1. The maximum atomic E-state index is 13.5. The number of carbonyl (C=O) groups excluding carboxylic acids is 3. The quantitative estimate of drug-likeness (QED) is 0.0962. The van der Waals surface area contributed by atoms with Crippen LogP contribution in [0.3, 0.4) is 0 Å². The molecule has 2 N–H and O–H groups in total. The third-order valence-corrected chi connectivity index (χ3v) is 8.46. The Morgan fingerprint density at radius 1 is 0.978 bits per heavy atom. The largest absolute Gasteiger partial charge is 0.497 e. The molecular weight excluding hydrogens is 606 g/mol. The normalized spacial score (nSPS) is 14.1. The third-order valence-electron chi connectivity index (χ3n) is 8.20. The van der Waals surface area contributed by atoms with Crippen LogP contribution < -0.4 is 14.8 Å². The molecular formula is C36H40ClN3O6. The fourth-order valence-corrected chi connectivity index (χ4v) is 6.00. The van der Waals surface area contributed by atoms with E-state index in [1.807, 2.05) is 25.1 Å². The van der Waals surface area contributed by atoms with Crippen molar-refractivity contribution < 1.29 is 28.6 Å². The number of methoxy groups -OCH3 is 1. The summed E-state index contributed by atoms with van der Waals surface area (Å²) in [6, 6.07) is 19.6. The summed E-state index contributed by atoms with van der Waals surface area (Å²) in [6.07, 6.45) is 4.18. The number of H-pyrrole nitrogens is 1. The number of aryl methyl sites for hydroxylation is 1. The molecule has 4 aromatic rings. The molecule has 0 aliphatic carbocycles. The van der Waals surface area contributed by atoms with Crippen molar-refractivity contribution in [2.75, 3.05) is 33.4 Å². The molecule has 9 nitrogen and oxygen atoms in total. The van der Waals surface area contributed by atoms with Crippen molar-refractivity contribution in [3.05, 3.63) is 94.1 Å². The number of hydrogen-bond donors (Lipinski definition) is 2. The molecule has 3 aromatic carbocycles. The second-order valence-electron chi connectivity index (χ2n) is 11.6. The Labute approximate surface area is 274 Å². The first-order chi connectivity index (χ1) is 22.3. The molecule has 10 heteroatoms. The predicted octanol–water partition coefficient (Wildman–Crippen LogP) is 6.57. The molecule has 242 valence electrons. The fraction of sp³-hybridized carbons (Fsp3) is 0.361. The molecule has 1 saturated heterocycles. The monoisotopic (exact) mass is 645 g/mol. The molecule has 46 heavy (non-hydrogen) atoms. The Morgan fingerprint density at radius 3 is 2.52 bits per heavy atom. The van der Waals surface area contributed by atoms with Gasteiger partial charge in [0.15, 0.2) is 0 Å². The lowest BCUT2D eigenvalue weighted by molar-refractivity contribution is -0.141. The standard InChI is InChI=1S/C36H40ClN3O6/c1-24-34(30-21-28(44-2)14-15-32(30)39-24)31(36(43)46-35(42)26-10-12-27(37)13-11-26)22-33(41)38-16-7-19-45-29-9-6-8-25(20-29)23-40-17-4-3-5-18-40/h6,8-15,20-21,31,39H,3-5,7,16-19,22-23H2,1-2H3,(H,38,41). The van der Waals surface area contributed by atoms with Crippen molar-refractivity contribution >= 4 is 40.3 Å². The molecule has 0 radical (unpaired) electrons. The summed E-state index contributed by atoms with van der Waals surface area (Å²) in [7, 11) is 1.56. The summed E-state index contributed by atoms with van der Waals surface area (Å²) in [5, 5.41) is 4.06. The van der Waals surface area contributed by atoms with Crippen LogP contribution in [-0.2, 0) is 20.9 Å². The van der Waals surface area contributed by atoms with Crippen molar-refractivity contribution in [1.82, 2.24) is 15.2 Å². The highest BCUT2D eigenvalue weighted by molar-refractivity contribution is 6.30. The van der Waals surface area contributed by atoms with Crippen molar-refractivity contribution in [2.45, 2.75) is 51.5 Å². The average molecular weight is 646 g/mol. The van der Waals surface area contributed by atoms with Gasteiger partial charge < -0.3 is 24.5 Å². The molecule has 0 bridgehead atoms. The van der Waals surface area contributed by atoms with Gasteiger partial charge in [-0.1, -0.05) is 30.2 Å². The minimum Gasteiger partial charge on any atom is -0.497 e. The number of ether oxygens (including phenoxy) is 3. The lowest BCUT2D eigenvalue weighted by Crippen LogP contribution is -2.30. The van der Waals surface area contributed by atoms with Crippen LogP contribution in [0, 0.1) is 6.92 Å². The zero-order valence-corrected chi connectivity index (χ0v) is 27.0. The summed E-state index contributed by atoms with van der Waals surface area (Å²) < 4.78 is 16.7. The van der Waals surface area contributed by atoms with E-state index in [2.05, 4.69) is 27.3 Å². The number of esters is 2. The van der Waals surface area contributed by atoms with E-state index in [-0.39, 0.29) is 17.9 Å². The first kappa shape index (κ1) is 33.0. The van der Waals surface area contributed by atoms with Crippen molar-refractivity contribution in [2.24, 2.45) is 0 Å². The van der Waals surface area contributed by atoms with E-state index in [0.717, 1.165) is 30.9 Å². The van der Waals surface area contributed by atoms with E-state index >= 15 is 0 Å². The van der Waals surface area contributed by atoms with Crippen LogP contribution in [0.2, 0.25) is 5.02 Å². The highest BCUT2D eigenvalue weighted by atomic mass is 35.5. The smallest absolute Gasteiger partial charge is 0.345 e. The average Bonchev–Trinajstić information content (AvgIpc) is 3.38. The maximum Gasteiger partial charge on any atom is 0.345 e. The number of likely N-dealkylation sites (tertiary alicyclic amines) is 1. The Morgan fingerprint density at radius 2 is 1.76 bits per heavy atom. The summed E-state index contributed by atoms with van der Waals surface area (Å²) in [5.74, 6) is -1.64. The van der Waals surface area contributed by atoms with Gasteiger partial charge in [-0.2, -0.15) is 0 Å². The number of benzene rings is 3. The molecule has 1 aliphatic heterocycles. The third kappa shape index (κ3) is 8.68. The number of halogens is 1. The first-order valence-electron chi connectivity index (χ1n) is 15.7. The van der Waals surface area contributed by atoms with Crippen LogP contribution in [0.1, 0.15) is 65.2 Å². The number of piperidine rings is 1. The number of nitrogens with zero attached hydrogens (tertiary/aromatic N) is 1. The highest BCUT2D eigenvalue weighted by Gasteiger charge is 2.31. The Kier molecular flexibility index (Phi) is 11.3. The molecule has 1 aromatic heterocycles. The molecule has 1 unspecified atom stereocenters. The molecule has 2 heterocycles. The van der Waals surface area contributed by atoms with Crippen LogP contribution in [0.25, 0.3) is 10.9 Å². The SMILES string of the molecule is COc1ccc2[nH]c(C)c(C(CC(=O)NCCCOc3cccc(CN4CCCCC4)c3)C(=O)OC(=O)c3ccc(Cl)cc3)c2c1. The number of amides is 1. The first-order valence-corrected chi connectivity index (χ1v) is 16.1. The Bertz CT molecular complexity index is 1660. The summed E-state index contributed by atoms with van der Waals surface area (Å²) in [6.45, 7) is 5.80. The van der Waals surface area contributed by atoms with Crippen molar-refractivity contribution in [3.8, 4) is 11.5 Å². The van der Waals surface area contributed by atoms with E-state index in [0.29, 0.717) is 47.0 Å². The van der Waals surface area contributed by atoms with Crippen molar-refractivity contribution in [3.63, 3.8) is 0 Å². The fourth-order valence-electron chi connectivity index (χ4n) is 5.87. The zero-order valence-electron chi connectivity index (χ0n) is 26.3. The molecule has 1 amide bonds. The lowest BCUT2D eigenvalue weighted by Gasteiger charge is -2.26. The van der Waals surface area contributed by atoms with Crippen LogP contribution in [0.5, 0.6) is 11.5 Å². The van der Waals surface area contributed by atoms with Gasteiger partial charge in [0.2, 0.25) is 5.91 Å². The van der Waals surface area contributed by atoms with Crippen molar-refractivity contribution in [1.29, 1.82) is 0 Å². The van der Waals surface area contributed by atoms with E-state index in [9.17, 15) is 14.4 Å². The van der Waals surface area contributed by atoms with Crippen LogP contribution in [-0.4, -0.2) is 61.1 Å². The molecule has 1 fully saturated rings. The second-order valence-corrected chi connectivity index (χ2v) is 12.0. The number of hydrogen-bond acceptors (Lipinski definition) is 7. The predicted molar refractivity (Wildman–Crippen MR) is 178 cm³/mol. The van der Waals surface area contributed by atoms with Crippen LogP contribution >= 0.6 is 11.6 Å². The topological polar surface area (TPSA) is 110 Å². The number of aromatic amines is 1. The Balaban J connectivity index is 1.20. The van der Waals surface area contributed by atoms with Gasteiger partial charge in [-0.25, -0.2) is 4.79 Å². The minimum absolute atomic E-state index is 0.176. The minimum atomic E-state index is -1.05. The molecule has 1 atom stereocenters. The summed E-state index contributed by atoms with van der Waals surface area (Å²) in [4.78, 5) is 45.3. The lowest BCUT2D eigenvalue weighted by atomic mass is 9.92. The number of aromatic nitrogens is 1. The molecule has 1 aliphatic rings. The van der Waals surface area contributed by atoms with Gasteiger partial charge in [-0.05, 0) is 105 Å². The van der Waals surface area contributed by atoms with Gasteiger partial charge >= 0.3 is 11.9 Å². The van der Waals surface area contributed by atoms with Gasteiger partial charge in [-0.3, -0.25) is 14.5 Å². The van der Waals surface area contributed by atoms with Gasteiger partial charge in [-0.15, -0.1) is 0 Å². The summed E-state index contributed by atoms with van der Waals surface area (Å²) >= 11 is 5.94. The molecule has 0 spiro atoms. The van der Waals surface area contributed by atoms with Gasteiger partial charge in [0.25, 0.3) is 0 Å². The van der Waals surface area contributed by atoms with Crippen LogP contribution in [0.4, 0.5) is 0 Å². The number of rotatable bonds is 13. The number of carbonyl (C=O) groups is 3. The number of nitrogens with one attached hydrogen (secondary N) is 2. The Hall–Kier alpha value is -4.34. The van der Waals surface area contributed by atoms with Gasteiger partial charge in [0.05, 0.1) is 25.2 Å². The molecule has 0 saturated carbocycles. The second kappa shape index (κ2) is 15.8. The highest BCUT2D eigenvalue weighted by Crippen LogP contribution is 2.34. The van der Waals surface area contributed by atoms with E-state index in [4.69, 9.17) is 25.8 Å². The van der Waals surface area contributed by atoms with Crippen LogP contribution in [0.15, 0.2) is 66.7 Å². The van der Waals surface area contributed by atoms with E-state index in [1.54, 1.807) is 31.4 Å². The molecule has 5 rings (SSSR count). The van der Waals surface area contributed by atoms with E-state index in [1.165, 1.54) is 37.0 Å². The maximum absolute atomic E-state index is 13.5. The van der Waals surface area contributed by atoms with E-state index < -0.39 is 17.9 Å². The summed E-state index contributed by atoms with van der Waals surface area (Å²) in [5.41, 5.74) is 3.44. The zero-order chi connectivity index (χ0) is 32.5.